The Bertz CT molecular complexity index is 140. The zero-order chi connectivity index (χ0) is 9.56. The molecule has 0 amide bonds. The van der Waals surface area contributed by atoms with E-state index < -0.39 is 12.0 Å². The third kappa shape index (κ3) is 4.24. The standard InChI is InChI=1S/C6H16N4O2/c7-4-2-1-3-5(6(11)12)10(8)9/h5H,1-4,7-9H2,(H,11,12). The number of hydrogen-bond donors (Lipinski definition) is 4. The highest BCUT2D eigenvalue weighted by atomic mass is 16.4. The molecule has 1 unspecified atom stereocenters. The Labute approximate surface area is 71.2 Å². The first-order valence-corrected chi connectivity index (χ1v) is 3.81. The van der Waals surface area contributed by atoms with Gasteiger partial charge in [-0.15, -0.1) is 0 Å². The number of nitrogens with zero attached hydrogens (tertiary/aromatic N) is 1. The van der Waals surface area contributed by atoms with Crippen molar-refractivity contribution in [3.05, 3.63) is 0 Å². The SMILES string of the molecule is NCCCCC(C(=O)O)N(N)N. The molecule has 6 heteroatoms. The Morgan fingerprint density at radius 1 is 1.42 bits per heavy atom. The van der Waals surface area contributed by atoms with Crippen LogP contribution in [0.3, 0.4) is 0 Å². The molecule has 72 valence electrons. The average molecular weight is 176 g/mol. The lowest BCUT2D eigenvalue weighted by Gasteiger charge is -2.18. The maximum atomic E-state index is 10.5. The van der Waals surface area contributed by atoms with E-state index in [0.29, 0.717) is 13.0 Å². The third-order valence-corrected chi connectivity index (χ3v) is 1.58. The summed E-state index contributed by atoms with van der Waals surface area (Å²) in [4.78, 5) is 10.5. The second-order valence-corrected chi connectivity index (χ2v) is 2.59. The molecule has 0 aliphatic heterocycles. The number of carboxylic acid groups (broad SMARTS) is 1. The smallest absolute Gasteiger partial charge is 0.323 e. The summed E-state index contributed by atoms with van der Waals surface area (Å²) >= 11 is 0. The first kappa shape index (κ1) is 11.3. The van der Waals surface area contributed by atoms with Gasteiger partial charge < -0.3 is 10.8 Å². The molecule has 1 atom stereocenters. The van der Waals surface area contributed by atoms with Gasteiger partial charge in [0.1, 0.15) is 6.04 Å². The summed E-state index contributed by atoms with van der Waals surface area (Å²) in [7, 11) is 0. The molecule has 0 aromatic rings. The van der Waals surface area contributed by atoms with Crippen LogP contribution in [0.2, 0.25) is 0 Å². The predicted octanol–water partition coefficient (Wildman–Crippen LogP) is -1.38. The van der Waals surface area contributed by atoms with E-state index in [1.54, 1.807) is 0 Å². The minimum Gasteiger partial charge on any atom is -0.480 e. The molecule has 0 saturated carbocycles. The van der Waals surface area contributed by atoms with Crippen LogP contribution in [0, 0.1) is 0 Å². The number of nitrogens with two attached hydrogens (primary N) is 3. The van der Waals surface area contributed by atoms with Crippen molar-refractivity contribution in [2.24, 2.45) is 17.4 Å². The van der Waals surface area contributed by atoms with E-state index in [9.17, 15) is 4.79 Å². The van der Waals surface area contributed by atoms with E-state index in [1.165, 1.54) is 0 Å². The summed E-state index contributed by atoms with van der Waals surface area (Å²) in [5, 5.41) is 9.33. The molecule has 0 aromatic heterocycles. The van der Waals surface area contributed by atoms with Gasteiger partial charge >= 0.3 is 5.97 Å². The van der Waals surface area contributed by atoms with Crippen LogP contribution in [0.15, 0.2) is 0 Å². The second kappa shape index (κ2) is 5.90. The van der Waals surface area contributed by atoms with Crippen LogP contribution in [0.25, 0.3) is 0 Å². The van der Waals surface area contributed by atoms with E-state index in [4.69, 9.17) is 22.5 Å². The highest BCUT2D eigenvalue weighted by molar-refractivity contribution is 5.73. The van der Waals surface area contributed by atoms with Crippen molar-refractivity contribution in [3.8, 4) is 0 Å². The molecule has 7 N–H and O–H groups in total. The van der Waals surface area contributed by atoms with Gasteiger partial charge in [0.2, 0.25) is 0 Å². The highest BCUT2D eigenvalue weighted by Crippen LogP contribution is 2.02. The molecule has 0 bridgehead atoms. The summed E-state index contributed by atoms with van der Waals surface area (Å²) in [6.07, 6.45) is 1.94. The van der Waals surface area contributed by atoms with Crippen molar-refractivity contribution < 1.29 is 9.90 Å². The van der Waals surface area contributed by atoms with Gasteiger partial charge in [-0.3, -0.25) is 16.5 Å². The topological polar surface area (TPSA) is 119 Å². The van der Waals surface area contributed by atoms with Gasteiger partial charge in [-0.2, -0.15) is 5.12 Å². The third-order valence-electron chi connectivity index (χ3n) is 1.58. The van der Waals surface area contributed by atoms with Crippen LogP contribution in [0.4, 0.5) is 0 Å². The van der Waals surface area contributed by atoms with Gasteiger partial charge in [0.05, 0.1) is 0 Å². The number of hydrazine groups is 2. The van der Waals surface area contributed by atoms with Gasteiger partial charge in [0.25, 0.3) is 0 Å². The monoisotopic (exact) mass is 176 g/mol. The van der Waals surface area contributed by atoms with Gasteiger partial charge in [-0.25, -0.2) is 0 Å². The molecule has 12 heavy (non-hydrogen) atoms. The molecular weight excluding hydrogens is 160 g/mol. The van der Waals surface area contributed by atoms with Crippen molar-refractivity contribution in [2.75, 3.05) is 6.54 Å². The lowest BCUT2D eigenvalue weighted by Crippen LogP contribution is -2.50. The zero-order valence-electron chi connectivity index (χ0n) is 6.94. The average Bonchev–Trinajstić information content (AvgIpc) is 1.96. The van der Waals surface area contributed by atoms with E-state index in [1.807, 2.05) is 0 Å². The molecule has 0 heterocycles. The highest BCUT2D eigenvalue weighted by Gasteiger charge is 2.19. The van der Waals surface area contributed by atoms with Crippen LogP contribution < -0.4 is 17.4 Å². The van der Waals surface area contributed by atoms with Crippen LogP contribution in [-0.4, -0.2) is 28.8 Å². The molecule has 0 saturated heterocycles. The fourth-order valence-electron chi connectivity index (χ4n) is 0.882. The molecule has 0 aliphatic rings. The Morgan fingerprint density at radius 2 is 2.00 bits per heavy atom. The van der Waals surface area contributed by atoms with Crippen LogP contribution in [-0.2, 0) is 4.79 Å². The molecule has 6 nitrogen and oxygen atoms in total. The van der Waals surface area contributed by atoms with Crippen molar-refractivity contribution in [2.45, 2.75) is 25.3 Å². The lowest BCUT2D eigenvalue weighted by molar-refractivity contribution is -0.143. The quantitative estimate of drug-likeness (QED) is 0.225. The Morgan fingerprint density at radius 3 is 2.33 bits per heavy atom. The van der Waals surface area contributed by atoms with Gasteiger partial charge in [0, 0.05) is 0 Å². The number of hydrogen-bond acceptors (Lipinski definition) is 5. The van der Waals surface area contributed by atoms with E-state index >= 15 is 0 Å². The Kier molecular flexibility index (Phi) is 5.56. The fraction of sp³-hybridized carbons (Fsp3) is 0.833. The summed E-state index contributed by atoms with van der Waals surface area (Å²) < 4.78 is 0. The molecular formula is C6H16N4O2. The molecule has 0 rings (SSSR count). The normalized spacial score (nSPS) is 13.3. The maximum Gasteiger partial charge on any atom is 0.323 e. The van der Waals surface area contributed by atoms with E-state index in [-0.39, 0.29) is 0 Å². The van der Waals surface area contributed by atoms with Crippen LogP contribution in [0.5, 0.6) is 0 Å². The van der Waals surface area contributed by atoms with Crippen LogP contribution >= 0.6 is 0 Å². The predicted molar refractivity (Wildman–Crippen MR) is 44.5 cm³/mol. The maximum absolute atomic E-state index is 10.5. The number of aliphatic carboxylic acids is 1. The minimum atomic E-state index is -1.00. The van der Waals surface area contributed by atoms with Crippen molar-refractivity contribution in [1.82, 2.24) is 5.12 Å². The largest absolute Gasteiger partial charge is 0.480 e. The number of carboxylic acids is 1. The molecule has 0 aromatic carbocycles. The van der Waals surface area contributed by atoms with Crippen LogP contribution in [0.1, 0.15) is 19.3 Å². The summed E-state index contributed by atoms with van der Waals surface area (Å²) in [5.41, 5.74) is 5.24. The van der Waals surface area contributed by atoms with Gasteiger partial charge in [0.15, 0.2) is 0 Å². The molecule has 0 radical (unpaired) electrons. The first-order valence-electron chi connectivity index (χ1n) is 3.81. The Balaban J connectivity index is 3.72. The first-order chi connectivity index (χ1) is 5.59. The molecule has 0 aliphatic carbocycles. The summed E-state index contributed by atoms with van der Waals surface area (Å²) in [6, 6.07) is -0.809. The number of unbranched alkanes of at least 4 members (excludes halogenated alkanes) is 1. The molecule has 0 fully saturated rings. The van der Waals surface area contributed by atoms with Gasteiger partial charge in [-0.05, 0) is 25.8 Å². The zero-order valence-corrected chi connectivity index (χ0v) is 6.94. The second-order valence-electron chi connectivity index (χ2n) is 2.59. The lowest BCUT2D eigenvalue weighted by atomic mass is 10.1. The Hall–Kier alpha value is -0.690. The number of carbonyl (C=O) groups is 1. The fourth-order valence-corrected chi connectivity index (χ4v) is 0.882. The number of rotatable bonds is 6. The van der Waals surface area contributed by atoms with Crippen molar-refractivity contribution in [3.63, 3.8) is 0 Å². The molecule has 0 spiro atoms. The minimum absolute atomic E-state index is 0.430. The van der Waals surface area contributed by atoms with Gasteiger partial charge in [-0.1, -0.05) is 0 Å². The van der Waals surface area contributed by atoms with E-state index in [2.05, 4.69) is 0 Å². The summed E-state index contributed by atoms with van der Waals surface area (Å²) in [5.74, 6) is 9.23. The summed E-state index contributed by atoms with van der Waals surface area (Å²) in [6.45, 7) is 0.557. The van der Waals surface area contributed by atoms with Crippen molar-refractivity contribution in [1.29, 1.82) is 0 Å². The van der Waals surface area contributed by atoms with E-state index in [0.717, 1.165) is 18.0 Å². The van der Waals surface area contributed by atoms with Crippen molar-refractivity contribution >= 4 is 5.97 Å².